The van der Waals surface area contributed by atoms with Gasteiger partial charge in [-0.2, -0.15) is 0 Å². The van der Waals surface area contributed by atoms with Gasteiger partial charge in [-0.3, -0.25) is 4.90 Å². The standard InChI is InChI=1S/C16H25BrN2O/c1-12-9-13(6-7-15(12)17)16(10-18)19(2)11-14-5-3-4-8-20-14/h6-7,9,14,16H,3-5,8,10-11,18H2,1-2H3. The van der Waals surface area contributed by atoms with Crippen LogP contribution in [0.2, 0.25) is 0 Å². The molecule has 1 aliphatic heterocycles. The van der Waals surface area contributed by atoms with Crippen molar-refractivity contribution in [3.8, 4) is 0 Å². The number of aryl methyl sites for hydroxylation is 1. The molecule has 0 spiro atoms. The second-order valence-corrected chi connectivity index (χ2v) is 6.54. The Bertz CT molecular complexity index is 432. The number of nitrogens with zero attached hydrogens (tertiary/aromatic N) is 1. The predicted molar refractivity (Wildman–Crippen MR) is 86.9 cm³/mol. The van der Waals surface area contributed by atoms with Crippen LogP contribution in [0.1, 0.15) is 36.4 Å². The second kappa shape index (κ2) is 7.55. The van der Waals surface area contributed by atoms with Crippen LogP contribution in [0.3, 0.4) is 0 Å². The van der Waals surface area contributed by atoms with Gasteiger partial charge in [-0.15, -0.1) is 0 Å². The zero-order valence-corrected chi connectivity index (χ0v) is 14.0. The second-order valence-electron chi connectivity index (χ2n) is 5.69. The fourth-order valence-corrected chi connectivity index (χ4v) is 3.09. The van der Waals surface area contributed by atoms with Gasteiger partial charge in [-0.1, -0.05) is 28.1 Å². The lowest BCUT2D eigenvalue weighted by Crippen LogP contribution is -2.38. The highest BCUT2D eigenvalue weighted by Gasteiger charge is 2.21. The molecule has 1 fully saturated rings. The van der Waals surface area contributed by atoms with Crippen molar-refractivity contribution in [2.24, 2.45) is 5.73 Å². The minimum Gasteiger partial charge on any atom is -0.377 e. The Labute approximate surface area is 130 Å². The Hall–Kier alpha value is -0.420. The molecule has 2 unspecified atom stereocenters. The Morgan fingerprint density at radius 2 is 2.25 bits per heavy atom. The molecule has 0 bridgehead atoms. The lowest BCUT2D eigenvalue weighted by Gasteiger charge is -2.32. The molecule has 2 atom stereocenters. The van der Waals surface area contributed by atoms with Crippen LogP contribution in [0.25, 0.3) is 0 Å². The molecule has 1 aliphatic rings. The van der Waals surface area contributed by atoms with Crippen molar-refractivity contribution in [1.82, 2.24) is 4.90 Å². The van der Waals surface area contributed by atoms with E-state index in [9.17, 15) is 0 Å². The summed E-state index contributed by atoms with van der Waals surface area (Å²) in [4.78, 5) is 2.33. The summed E-state index contributed by atoms with van der Waals surface area (Å²) in [7, 11) is 2.15. The zero-order chi connectivity index (χ0) is 14.5. The van der Waals surface area contributed by atoms with Crippen molar-refractivity contribution in [2.45, 2.75) is 38.3 Å². The number of halogens is 1. The fourth-order valence-electron chi connectivity index (χ4n) is 2.85. The number of hydrogen-bond acceptors (Lipinski definition) is 3. The van der Waals surface area contributed by atoms with Crippen LogP contribution in [0.5, 0.6) is 0 Å². The van der Waals surface area contributed by atoms with E-state index in [1.54, 1.807) is 0 Å². The molecule has 0 amide bonds. The van der Waals surface area contributed by atoms with E-state index < -0.39 is 0 Å². The van der Waals surface area contributed by atoms with Crippen molar-refractivity contribution in [3.05, 3.63) is 33.8 Å². The molecule has 0 radical (unpaired) electrons. The SMILES string of the molecule is Cc1cc(C(CN)N(C)CC2CCCCO2)ccc1Br. The third-order valence-electron chi connectivity index (χ3n) is 4.09. The van der Waals surface area contributed by atoms with Crippen molar-refractivity contribution >= 4 is 15.9 Å². The molecule has 2 rings (SSSR count). The van der Waals surface area contributed by atoms with Gasteiger partial charge in [0.15, 0.2) is 0 Å². The molecule has 0 saturated carbocycles. The molecule has 112 valence electrons. The molecule has 4 heteroatoms. The smallest absolute Gasteiger partial charge is 0.0702 e. The Kier molecular flexibility index (Phi) is 6.02. The monoisotopic (exact) mass is 340 g/mol. The van der Waals surface area contributed by atoms with Gasteiger partial charge in [0.1, 0.15) is 0 Å². The molecule has 3 nitrogen and oxygen atoms in total. The summed E-state index contributed by atoms with van der Waals surface area (Å²) < 4.78 is 6.98. The number of hydrogen-bond donors (Lipinski definition) is 1. The lowest BCUT2D eigenvalue weighted by atomic mass is 10.0. The highest BCUT2D eigenvalue weighted by Crippen LogP contribution is 2.25. The molecular weight excluding hydrogens is 316 g/mol. The molecular formula is C16H25BrN2O. The van der Waals surface area contributed by atoms with Gasteiger partial charge < -0.3 is 10.5 Å². The van der Waals surface area contributed by atoms with Gasteiger partial charge in [0.2, 0.25) is 0 Å². The molecule has 0 aliphatic carbocycles. The number of benzene rings is 1. The first kappa shape index (κ1) is 16.0. The fraction of sp³-hybridized carbons (Fsp3) is 0.625. The topological polar surface area (TPSA) is 38.5 Å². The van der Waals surface area contributed by atoms with Gasteiger partial charge >= 0.3 is 0 Å². The van der Waals surface area contributed by atoms with Gasteiger partial charge in [0.25, 0.3) is 0 Å². The molecule has 0 aromatic heterocycles. The first-order valence-electron chi connectivity index (χ1n) is 7.39. The van der Waals surface area contributed by atoms with Crippen LogP contribution in [0, 0.1) is 6.92 Å². The van der Waals surface area contributed by atoms with Crippen molar-refractivity contribution in [2.75, 3.05) is 26.7 Å². The summed E-state index contributed by atoms with van der Waals surface area (Å²) >= 11 is 3.55. The van der Waals surface area contributed by atoms with E-state index in [2.05, 4.69) is 53.0 Å². The van der Waals surface area contributed by atoms with E-state index in [1.807, 2.05) is 0 Å². The first-order valence-corrected chi connectivity index (χ1v) is 8.19. The third kappa shape index (κ3) is 4.04. The summed E-state index contributed by atoms with van der Waals surface area (Å²) in [6, 6.07) is 6.75. The van der Waals surface area contributed by atoms with E-state index >= 15 is 0 Å². The van der Waals surface area contributed by atoms with Gasteiger partial charge in [-0.25, -0.2) is 0 Å². The first-order chi connectivity index (χ1) is 9.61. The van der Waals surface area contributed by atoms with E-state index in [0.29, 0.717) is 12.6 Å². The summed E-state index contributed by atoms with van der Waals surface area (Å²) in [6.07, 6.45) is 4.01. The van der Waals surface area contributed by atoms with Crippen LogP contribution in [-0.4, -0.2) is 37.7 Å². The van der Waals surface area contributed by atoms with Crippen LogP contribution in [0.15, 0.2) is 22.7 Å². The van der Waals surface area contributed by atoms with Crippen molar-refractivity contribution in [1.29, 1.82) is 0 Å². The van der Waals surface area contributed by atoms with Crippen LogP contribution in [-0.2, 0) is 4.74 Å². The van der Waals surface area contributed by atoms with Gasteiger partial charge in [0, 0.05) is 30.2 Å². The summed E-state index contributed by atoms with van der Waals surface area (Å²) in [5.41, 5.74) is 8.54. The molecule has 1 saturated heterocycles. The van der Waals surface area contributed by atoms with E-state index in [0.717, 1.165) is 17.6 Å². The minimum absolute atomic E-state index is 0.257. The zero-order valence-electron chi connectivity index (χ0n) is 12.4. The van der Waals surface area contributed by atoms with Crippen molar-refractivity contribution < 1.29 is 4.74 Å². The van der Waals surface area contributed by atoms with Crippen LogP contribution in [0.4, 0.5) is 0 Å². The third-order valence-corrected chi connectivity index (χ3v) is 4.98. The van der Waals surface area contributed by atoms with E-state index in [1.165, 1.54) is 30.4 Å². The summed E-state index contributed by atoms with van der Waals surface area (Å²) in [6.45, 7) is 4.61. The highest BCUT2D eigenvalue weighted by atomic mass is 79.9. The Morgan fingerprint density at radius 3 is 2.85 bits per heavy atom. The Morgan fingerprint density at radius 1 is 1.45 bits per heavy atom. The van der Waals surface area contributed by atoms with Crippen LogP contribution < -0.4 is 5.73 Å². The van der Waals surface area contributed by atoms with Gasteiger partial charge in [0.05, 0.1) is 6.10 Å². The average molecular weight is 341 g/mol. The largest absolute Gasteiger partial charge is 0.377 e. The lowest BCUT2D eigenvalue weighted by molar-refractivity contribution is -0.00777. The number of nitrogens with two attached hydrogens (primary N) is 1. The predicted octanol–water partition coefficient (Wildman–Crippen LogP) is 3.26. The number of rotatable bonds is 5. The highest BCUT2D eigenvalue weighted by molar-refractivity contribution is 9.10. The van der Waals surface area contributed by atoms with Crippen molar-refractivity contribution in [3.63, 3.8) is 0 Å². The summed E-state index contributed by atoms with van der Waals surface area (Å²) in [5.74, 6) is 0. The molecule has 1 aromatic rings. The summed E-state index contributed by atoms with van der Waals surface area (Å²) in [5, 5.41) is 0. The molecule has 1 aromatic carbocycles. The van der Waals surface area contributed by atoms with E-state index in [4.69, 9.17) is 10.5 Å². The minimum atomic E-state index is 0.257. The maximum absolute atomic E-state index is 6.00. The molecule has 20 heavy (non-hydrogen) atoms. The molecule has 1 heterocycles. The van der Waals surface area contributed by atoms with E-state index in [-0.39, 0.29) is 6.04 Å². The normalized spacial score (nSPS) is 21.1. The van der Waals surface area contributed by atoms with Gasteiger partial charge in [-0.05, 0) is 50.4 Å². The quantitative estimate of drug-likeness (QED) is 0.893. The Balaban J connectivity index is 2.03. The number of likely N-dealkylation sites (N-methyl/N-ethyl adjacent to an activating group) is 1. The average Bonchev–Trinajstić information content (AvgIpc) is 2.44. The maximum atomic E-state index is 6.00. The van der Waals surface area contributed by atoms with Crippen LogP contribution >= 0.6 is 15.9 Å². The molecule has 2 N–H and O–H groups in total. The maximum Gasteiger partial charge on any atom is 0.0702 e. The number of ether oxygens (including phenoxy) is 1.